The lowest BCUT2D eigenvalue weighted by Crippen LogP contribution is -2.13. The SMILES string of the molecule is O=C(CCl)c1ccc(Cl)cc1C(F)(F)F. The van der Waals surface area contributed by atoms with Crippen molar-refractivity contribution in [3.63, 3.8) is 0 Å². The fraction of sp³-hybridized carbons (Fsp3) is 0.222. The van der Waals surface area contributed by atoms with Gasteiger partial charge in [-0.1, -0.05) is 11.6 Å². The Hall–Kier alpha value is -0.740. The average molecular weight is 257 g/mol. The fourth-order valence-electron chi connectivity index (χ4n) is 1.07. The topological polar surface area (TPSA) is 17.1 Å². The summed E-state index contributed by atoms with van der Waals surface area (Å²) in [5, 5.41) is -0.0755. The molecule has 1 aromatic rings. The summed E-state index contributed by atoms with van der Waals surface area (Å²) in [4.78, 5) is 11.1. The van der Waals surface area contributed by atoms with E-state index in [1.807, 2.05) is 0 Å². The second-order valence-electron chi connectivity index (χ2n) is 2.74. The molecular formula is C9H5Cl2F3O. The van der Waals surface area contributed by atoms with Crippen molar-refractivity contribution in [3.05, 3.63) is 34.3 Å². The minimum Gasteiger partial charge on any atom is -0.293 e. The highest BCUT2D eigenvalue weighted by Gasteiger charge is 2.35. The maximum absolute atomic E-state index is 12.5. The maximum Gasteiger partial charge on any atom is 0.417 e. The first kappa shape index (κ1) is 12.3. The summed E-state index contributed by atoms with van der Waals surface area (Å²) in [5.41, 5.74) is -1.51. The van der Waals surface area contributed by atoms with Gasteiger partial charge >= 0.3 is 6.18 Å². The largest absolute Gasteiger partial charge is 0.417 e. The summed E-state index contributed by atoms with van der Waals surface area (Å²) >= 11 is 10.6. The Bertz CT molecular complexity index is 387. The summed E-state index contributed by atoms with van der Waals surface area (Å²) in [6.07, 6.45) is -4.61. The van der Waals surface area contributed by atoms with Gasteiger partial charge < -0.3 is 0 Å². The molecule has 1 rings (SSSR count). The van der Waals surface area contributed by atoms with Crippen LogP contribution in [0.5, 0.6) is 0 Å². The summed E-state index contributed by atoms with van der Waals surface area (Å²) in [5.74, 6) is -1.27. The van der Waals surface area contributed by atoms with Crippen molar-refractivity contribution in [2.75, 3.05) is 5.88 Å². The second kappa shape index (κ2) is 4.41. The molecule has 0 atom stereocenters. The summed E-state index contributed by atoms with van der Waals surface area (Å²) in [7, 11) is 0. The van der Waals surface area contributed by atoms with Gasteiger partial charge in [0.25, 0.3) is 0 Å². The van der Waals surface area contributed by atoms with Crippen LogP contribution in [0.15, 0.2) is 18.2 Å². The molecule has 0 saturated heterocycles. The molecule has 0 radical (unpaired) electrons. The van der Waals surface area contributed by atoms with Crippen molar-refractivity contribution in [2.45, 2.75) is 6.18 Å². The highest BCUT2D eigenvalue weighted by Crippen LogP contribution is 2.34. The van der Waals surface area contributed by atoms with Gasteiger partial charge in [0.05, 0.1) is 11.4 Å². The number of hydrogen-bond donors (Lipinski definition) is 0. The molecular weight excluding hydrogens is 252 g/mol. The van der Waals surface area contributed by atoms with Gasteiger partial charge in [-0.15, -0.1) is 11.6 Å². The standard InChI is InChI=1S/C9H5Cl2F3O/c10-4-8(15)6-2-1-5(11)3-7(6)9(12,13)14/h1-3H,4H2. The highest BCUT2D eigenvalue weighted by atomic mass is 35.5. The normalized spacial score (nSPS) is 11.5. The number of alkyl halides is 4. The molecule has 0 heterocycles. The van der Waals surface area contributed by atoms with Crippen LogP contribution in [0.2, 0.25) is 5.02 Å². The molecule has 82 valence electrons. The van der Waals surface area contributed by atoms with Crippen LogP contribution in [0.3, 0.4) is 0 Å². The molecule has 0 aliphatic heterocycles. The smallest absolute Gasteiger partial charge is 0.293 e. The molecule has 0 bridgehead atoms. The van der Waals surface area contributed by atoms with E-state index < -0.39 is 29.0 Å². The van der Waals surface area contributed by atoms with Gasteiger partial charge in [0.15, 0.2) is 5.78 Å². The number of benzene rings is 1. The third-order valence-electron chi connectivity index (χ3n) is 1.71. The molecule has 0 spiro atoms. The van der Waals surface area contributed by atoms with Crippen LogP contribution in [-0.4, -0.2) is 11.7 Å². The number of carbonyl (C=O) groups is 1. The minimum absolute atomic E-state index is 0.0755. The molecule has 1 nitrogen and oxygen atoms in total. The Morgan fingerprint density at radius 3 is 2.40 bits per heavy atom. The Kier molecular flexibility index (Phi) is 3.62. The zero-order valence-corrected chi connectivity index (χ0v) is 8.75. The molecule has 6 heteroatoms. The fourth-order valence-corrected chi connectivity index (χ4v) is 1.38. The first-order valence-electron chi connectivity index (χ1n) is 3.82. The third kappa shape index (κ3) is 2.86. The lowest BCUT2D eigenvalue weighted by molar-refractivity contribution is -0.137. The highest BCUT2D eigenvalue weighted by molar-refractivity contribution is 6.32. The van der Waals surface area contributed by atoms with Crippen molar-refractivity contribution >= 4 is 29.0 Å². The quantitative estimate of drug-likeness (QED) is 0.582. The summed E-state index contributed by atoms with van der Waals surface area (Å²) < 4.78 is 37.4. The molecule has 0 saturated carbocycles. The van der Waals surface area contributed by atoms with Crippen molar-refractivity contribution in [1.29, 1.82) is 0 Å². The number of carbonyl (C=O) groups excluding carboxylic acids is 1. The van der Waals surface area contributed by atoms with E-state index >= 15 is 0 Å². The first-order chi connectivity index (χ1) is 6.86. The van der Waals surface area contributed by atoms with Crippen molar-refractivity contribution in [1.82, 2.24) is 0 Å². The molecule has 0 aromatic heterocycles. The van der Waals surface area contributed by atoms with E-state index in [2.05, 4.69) is 0 Å². The van der Waals surface area contributed by atoms with Gasteiger partial charge in [-0.2, -0.15) is 13.2 Å². The molecule has 1 aromatic carbocycles. The molecule has 15 heavy (non-hydrogen) atoms. The van der Waals surface area contributed by atoms with Gasteiger partial charge in [-0.3, -0.25) is 4.79 Å². The molecule has 0 aliphatic carbocycles. The zero-order valence-electron chi connectivity index (χ0n) is 7.24. The molecule has 0 fully saturated rings. The van der Waals surface area contributed by atoms with E-state index in [9.17, 15) is 18.0 Å². The van der Waals surface area contributed by atoms with Crippen molar-refractivity contribution in [2.24, 2.45) is 0 Å². The number of rotatable bonds is 2. The van der Waals surface area contributed by atoms with E-state index in [0.29, 0.717) is 6.07 Å². The summed E-state index contributed by atoms with van der Waals surface area (Å²) in [6.45, 7) is 0. The first-order valence-corrected chi connectivity index (χ1v) is 4.73. The van der Waals surface area contributed by atoms with E-state index in [0.717, 1.165) is 6.07 Å². The number of hydrogen-bond acceptors (Lipinski definition) is 1. The predicted molar refractivity (Wildman–Crippen MR) is 51.5 cm³/mol. The van der Waals surface area contributed by atoms with Crippen LogP contribution in [0.1, 0.15) is 15.9 Å². The van der Waals surface area contributed by atoms with Gasteiger partial charge in [0, 0.05) is 10.6 Å². The van der Waals surface area contributed by atoms with Gasteiger partial charge in [-0.25, -0.2) is 0 Å². The number of Topliss-reactive ketones (excluding diaryl/α,β-unsaturated/α-hetero) is 1. The third-order valence-corrected chi connectivity index (χ3v) is 2.19. The molecule has 0 N–H and O–H groups in total. The number of halogens is 5. The minimum atomic E-state index is -4.61. The van der Waals surface area contributed by atoms with E-state index in [4.69, 9.17) is 23.2 Å². The molecule has 0 amide bonds. The predicted octanol–water partition coefficient (Wildman–Crippen LogP) is 3.78. The van der Waals surface area contributed by atoms with Crippen LogP contribution in [-0.2, 0) is 6.18 Å². The van der Waals surface area contributed by atoms with Crippen LogP contribution >= 0.6 is 23.2 Å². The summed E-state index contributed by atoms with van der Waals surface area (Å²) in [6, 6.07) is 2.95. The zero-order chi connectivity index (χ0) is 11.6. The van der Waals surface area contributed by atoms with E-state index in [1.54, 1.807) is 0 Å². The number of ketones is 1. The van der Waals surface area contributed by atoms with Crippen molar-refractivity contribution in [3.8, 4) is 0 Å². The maximum atomic E-state index is 12.5. The van der Waals surface area contributed by atoms with Gasteiger partial charge in [0.2, 0.25) is 0 Å². The Labute approximate surface area is 93.8 Å². The Morgan fingerprint density at radius 1 is 1.33 bits per heavy atom. The van der Waals surface area contributed by atoms with Crippen molar-refractivity contribution < 1.29 is 18.0 Å². The Balaban J connectivity index is 3.33. The molecule has 0 unspecified atom stereocenters. The lowest BCUT2D eigenvalue weighted by Gasteiger charge is -2.11. The van der Waals surface area contributed by atoms with E-state index in [1.165, 1.54) is 6.07 Å². The monoisotopic (exact) mass is 256 g/mol. The Morgan fingerprint density at radius 2 is 1.93 bits per heavy atom. The van der Waals surface area contributed by atoms with Gasteiger partial charge in [-0.05, 0) is 18.2 Å². The van der Waals surface area contributed by atoms with Crippen LogP contribution in [0, 0.1) is 0 Å². The van der Waals surface area contributed by atoms with E-state index in [-0.39, 0.29) is 5.02 Å². The molecule has 0 aliphatic rings. The average Bonchev–Trinajstić information content (AvgIpc) is 2.15. The van der Waals surface area contributed by atoms with Crippen LogP contribution in [0.4, 0.5) is 13.2 Å². The lowest BCUT2D eigenvalue weighted by atomic mass is 10.0. The van der Waals surface area contributed by atoms with Gasteiger partial charge in [0.1, 0.15) is 0 Å². The second-order valence-corrected chi connectivity index (χ2v) is 3.45. The van der Waals surface area contributed by atoms with Crippen LogP contribution < -0.4 is 0 Å². The van der Waals surface area contributed by atoms with Crippen LogP contribution in [0.25, 0.3) is 0 Å².